The Morgan fingerprint density at radius 3 is 2.57 bits per heavy atom. The number of nitrogens with zero attached hydrogens (tertiary/aromatic N) is 1. The lowest BCUT2D eigenvalue weighted by Crippen LogP contribution is -2.52. The highest BCUT2D eigenvalue weighted by molar-refractivity contribution is 6.36. The van der Waals surface area contributed by atoms with Gasteiger partial charge in [0.15, 0.2) is 0 Å². The second-order valence-electron chi connectivity index (χ2n) is 7.12. The van der Waals surface area contributed by atoms with Gasteiger partial charge in [-0.25, -0.2) is 0 Å². The molecule has 160 valence electrons. The number of aliphatic hydroxyl groups is 1. The Balaban J connectivity index is 1.83. The number of rotatable bonds is 8. The van der Waals surface area contributed by atoms with Crippen LogP contribution in [0.2, 0.25) is 10.0 Å². The molecule has 1 heterocycles. The summed E-state index contributed by atoms with van der Waals surface area (Å²) in [4.78, 5) is 25.9. The lowest BCUT2D eigenvalue weighted by Gasteiger charge is -2.34. The molecule has 0 bridgehead atoms. The summed E-state index contributed by atoms with van der Waals surface area (Å²) in [6.07, 6.45) is 0.922. The molecule has 0 saturated carbocycles. The molecule has 0 spiro atoms. The number of amides is 1. The maximum Gasteiger partial charge on any atom is 0.255 e. The van der Waals surface area contributed by atoms with Crippen LogP contribution in [0.15, 0.2) is 42.5 Å². The van der Waals surface area contributed by atoms with E-state index in [1.54, 1.807) is 12.1 Å². The molecule has 0 aromatic heterocycles. The van der Waals surface area contributed by atoms with Crippen LogP contribution in [0.4, 0.5) is 0 Å². The van der Waals surface area contributed by atoms with Crippen LogP contribution in [0.25, 0.3) is 0 Å². The number of benzene rings is 2. The minimum Gasteiger partial charge on any atom is -0.497 e. The third kappa shape index (κ3) is 4.95. The number of aldehydes is 1. The molecular weight excluding hydrogens is 429 g/mol. The molecule has 2 aromatic rings. The third-order valence-electron chi connectivity index (χ3n) is 5.14. The third-order valence-corrected chi connectivity index (χ3v) is 5.82. The zero-order valence-electron chi connectivity index (χ0n) is 16.5. The molecule has 6 nitrogen and oxygen atoms in total. The Hall–Kier alpha value is -2.12. The maximum atomic E-state index is 13.3. The van der Waals surface area contributed by atoms with Gasteiger partial charge >= 0.3 is 0 Å². The van der Waals surface area contributed by atoms with Gasteiger partial charge in [-0.2, -0.15) is 0 Å². The van der Waals surface area contributed by atoms with Gasteiger partial charge in [0.2, 0.25) is 5.91 Å². The van der Waals surface area contributed by atoms with E-state index in [2.05, 4.69) is 0 Å². The summed E-state index contributed by atoms with van der Waals surface area (Å²) in [6, 6.07) is 12.5. The van der Waals surface area contributed by atoms with Crippen LogP contribution in [-0.4, -0.2) is 48.4 Å². The second-order valence-corrected chi connectivity index (χ2v) is 7.93. The van der Waals surface area contributed by atoms with Crippen LogP contribution in [0.3, 0.4) is 0 Å². The summed E-state index contributed by atoms with van der Waals surface area (Å²) < 4.78 is 10.7. The van der Waals surface area contributed by atoms with Crippen LogP contribution in [0, 0.1) is 5.92 Å². The number of carbonyl (C=O) groups excluding carboxylic acids is 2. The van der Waals surface area contributed by atoms with Crippen LogP contribution in [0.1, 0.15) is 17.5 Å². The van der Waals surface area contributed by atoms with Gasteiger partial charge in [0.05, 0.1) is 13.7 Å². The van der Waals surface area contributed by atoms with Crippen molar-refractivity contribution in [1.82, 2.24) is 4.90 Å². The Kier molecular flexibility index (Phi) is 7.36. The molecule has 0 radical (unpaired) electrons. The molecule has 1 aliphatic heterocycles. The van der Waals surface area contributed by atoms with E-state index in [-0.39, 0.29) is 38.3 Å². The standard InChI is InChI=1S/C22H23Cl2NO5/c1-29-17-12-19(23)18(20(24)13-17)11-16(7-9-26)21(27)25-8-10-30-22(25,28)14-15-5-3-2-4-6-15/h2-6,9,12-13,16,28H,7-8,10-11,14H2,1H3/t16-,22+/m0/s1. The number of ether oxygens (including phenoxy) is 2. The van der Waals surface area contributed by atoms with Crippen LogP contribution in [0.5, 0.6) is 5.75 Å². The summed E-state index contributed by atoms with van der Waals surface area (Å²) in [5.74, 6) is -2.40. The Labute approximate surface area is 185 Å². The molecule has 1 aliphatic rings. The molecule has 8 heteroatoms. The molecule has 30 heavy (non-hydrogen) atoms. The van der Waals surface area contributed by atoms with Gasteiger partial charge in [-0.3, -0.25) is 9.69 Å². The first kappa shape index (κ1) is 22.6. The molecular formula is C22H23Cl2NO5. The van der Waals surface area contributed by atoms with E-state index in [0.717, 1.165) is 5.56 Å². The van der Waals surface area contributed by atoms with Gasteiger partial charge in [0, 0.05) is 35.3 Å². The first-order chi connectivity index (χ1) is 14.4. The van der Waals surface area contributed by atoms with E-state index in [0.29, 0.717) is 27.6 Å². The molecule has 3 rings (SSSR count). The van der Waals surface area contributed by atoms with Gasteiger partial charge in [-0.1, -0.05) is 53.5 Å². The molecule has 0 aliphatic carbocycles. The fraction of sp³-hybridized carbons (Fsp3) is 0.364. The largest absolute Gasteiger partial charge is 0.497 e. The average molecular weight is 452 g/mol. The second kappa shape index (κ2) is 9.79. The van der Waals surface area contributed by atoms with E-state index in [1.165, 1.54) is 12.0 Å². The van der Waals surface area contributed by atoms with Crippen molar-refractivity contribution in [2.45, 2.75) is 25.2 Å². The highest BCUT2D eigenvalue weighted by atomic mass is 35.5. The van der Waals surface area contributed by atoms with Gasteiger partial charge < -0.3 is 19.4 Å². The maximum absolute atomic E-state index is 13.3. The predicted molar refractivity (Wildman–Crippen MR) is 114 cm³/mol. The molecule has 0 unspecified atom stereocenters. The van der Waals surface area contributed by atoms with Gasteiger partial charge in [0.25, 0.3) is 5.91 Å². The normalized spacial score (nSPS) is 19.5. The molecule has 1 N–H and O–H groups in total. The van der Waals surface area contributed by atoms with Crippen molar-refractivity contribution in [3.63, 3.8) is 0 Å². The van der Waals surface area contributed by atoms with E-state index < -0.39 is 11.8 Å². The van der Waals surface area contributed by atoms with E-state index in [4.69, 9.17) is 32.7 Å². The fourth-order valence-electron chi connectivity index (χ4n) is 3.59. The van der Waals surface area contributed by atoms with E-state index in [1.807, 2.05) is 30.3 Å². The number of hydrogen-bond acceptors (Lipinski definition) is 5. The Morgan fingerprint density at radius 2 is 1.97 bits per heavy atom. The highest BCUT2D eigenvalue weighted by Crippen LogP contribution is 2.34. The molecule has 2 aromatic carbocycles. The number of carbonyl (C=O) groups is 2. The smallest absolute Gasteiger partial charge is 0.255 e. The zero-order valence-corrected chi connectivity index (χ0v) is 18.0. The van der Waals surface area contributed by atoms with Crippen molar-refractivity contribution in [1.29, 1.82) is 0 Å². The molecule has 1 amide bonds. The summed E-state index contributed by atoms with van der Waals surface area (Å²) in [5, 5.41) is 11.8. The van der Waals surface area contributed by atoms with Crippen LogP contribution >= 0.6 is 23.2 Å². The van der Waals surface area contributed by atoms with E-state index >= 15 is 0 Å². The lowest BCUT2D eigenvalue weighted by molar-refractivity contribution is -0.241. The zero-order chi connectivity index (χ0) is 21.7. The van der Waals surface area contributed by atoms with Gasteiger partial charge in [0.1, 0.15) is 12.0 Å². The van der Waals surface area contributed by atoms with Gasteiger partial charge in [-0.05, 0) is 29.7 Å². The van der Waals surface area contributed by atoms with Gasteiger partial charge in [-0.15, -0.1) is 0 Å². The van der Waals surface area contributed by atoms with Crippen molar-refractivity contribution in [3.05, 3.63) is 63.6 Å². The van der Waals surface area contributed by atoms with Crippen molar-refractivity contribution in [2.24, 2.45) is 5.92 Å². The topological polar surface area (TPSA) is 76.1 Å². The average Bonchev–Trinajstić information content (AvgIpc) is 3.10. The molecule has 2 atom stereocenters. The van der Waals surface area contributed by atoms with Crippen molar-refractivity contribution < 1.29 is 24.2 Å². The minimum atomic E-state index is -1.77. The molecule has 1 saturated heterocycles. The molecule has 1 fully saturated rings. The summed E-state index contributed by atoms with van der Waals surface area (Å²) in [5.41, 5.74) is 1.37. The van der Waals surface area contributed by atoms with Crippen LogP contribution < -0.4 is 4.74 Å². The monoisotopic (exact) mass is 451 g/mol. The van der Waals surface area contributed by atoms with Crippen LogP contribution in [-0.2, 0) is 27.2 Å². The first-order valence-corrected chi connectivity index (χ1v) is 10.3. The minimum absolute atomic E-state index is 0.0323. The number of methoxy groups -OCH3 is 1. The van der Waals surface area contributed by atoms with E-state index in [9.17, 15) is 14.7 Å². The predicted octanol–water partition coefficient (Wildman–Crippen LogP) is 3.50. The first-order valence-electron chi connectivity index (χ1n) is 9.55. The quantitative estimate of drug-likeness (QED) is 0.621. The number of hydrogen-bond donors (Lipinski definition) is 1. The summed E-state index contributed by atoms with van der Waals surface area (Å²) >= 11 is 12.7. The van der Waals surface area contributed by atoms with Crippen molar-refractivity contribution in [3.8, 4) is 5.75 Å². The Bertz CT molecular complexity index is 885. The lowest BCUT2D eigenvalue weighted by atomic mass is 9.94. The highest BCUT2D eigenvalue weighted by Gasteiger charge is 2.45. The number of halogens is 2. The summed E-state index contributed by atoms with van der Waals surface area (Å²) in [7, 11) is 1.50. The Morgan fingerprint density at radius 1 is 1.30 bits per heavy atom. The van der Waals surface area contributed by atoms with Crippen molar-refractivity contribution >= 4 is 35.4 Å². The SMILES string of the molecule is COc1cc(Cl)c(C[C@H](CC=O)C(=O)N2CCO[C@]2(O)Cc2ccccc2)c(Cl)c1. The van der Waals surface area contributed by atoms with Crippen molar-refractivity contribution in [2.75, 3.05) is 20.3 Å². The summed E-state index contributed by atoms with van der Waals surface area (Å²) in [6.45, 7) is 0.425. The fourth-order valence-corrected chi connectivity index (χ4v) is 4.21.